The first-order chi connectivity index (χ1) is 13.1. The van der Waals surface area contributed by atoms with Crippen LogP contribution in [0.2, 0.25) is 0 Å². The van der Waals surface area contributed by atoms with Gasteiger partial charge in [0.15, 0.2) is 11.4 Å². The highest BCUT2D eigenvalue weighted by Gasteiger charge is 2.20. The number of aryl methyl sites for hydroxylation is 3. The van der Waals surface area contributed by atoms with Crippen LogP contribution in [0.25, 0.3) is 22.5 Å². The average molecular weight is 364 g/mol. The minimum atomic E-state index is -0.185. The van der Waals surface area contributed by atoms with Crippen LogP contribution in [-0.4, -0.2) is 30.5 Å². The summed E-state index contributed by atoms with van der Waals surface area (Å²) in [6, 6.07) is 5.36. The second-order valence-electron chi connectivity index (χ2n) is 6.33. The van der Waals surface area contributed by atoms with E-state index in [0.29, 0.717) is 29.2 Å². The van der Waals surface area contributed by atoms with Crippen LogP contribution in [0.4, 0.5) is 0 Å². The highest BCUT2D eigenvalue weighted by atomic mass is 16.3. The number of hydrogen-bond donors (Lipinski definition) is 1. The third-order valence-electron chi connectivity index (χ3n) is 4.45. The molecule has 4 aromatic heterocycles. The van der Waals surface area contributed by atoms with E-state index in [2.05, 4.69) is 20.5 Å². The minimum Gasteiger partial charge on any atom is -0.463 e. The Bertz CT molecular complexity index is 1110. The van der Waals surface area contributed by atoms with Crippen molar-refractivity contribution in [3.63, 3.8) is 0 Å². The van der Waals surface area contributed by atoms with Gasteiger partial charge in [0.1, 0.15) is 5.69 Å². The first-order valence-corrected chi connectivity index (χ1v) is 8.74. The van der Waals surface area contributed by atoms with Crippen LogP contribution in [-0.2, 0) is 20.1 Å². The molecule has 4 rings (SSSR count). The molecule has 0 saturated heterocycles. The fourth-order valence-electron chi connectivity index (χ4n) is 3.12. The molecule has 4 heterocycles. The molecule has 1 amide bonds. The largest absolute Gasteiger partial charge is 0.463 e. The average Bonchev–Trinajstić information content (AvgIpc) is 3.40. The molecule has 0 radical (unpaired) electrons. The van der Waals surface area contributed by atoms with E-state index in [0.717, 1.165) is 23.2 Å². The highest BCUT2D eigenvalue weighted by Crippen LogP contribution is 2.27. The van der Waals surface area contributed by atoms with Gasteiger partial charge < -0.3 is 9.73 Å². The van der Waals surface area contributed by atoms with E-state index < -0.39 is 0 Å². The van der Waals surface area contributed by atoms with Gasteiger partial charge in [0, 0.05) is 31.9 Å². The molecule has 4 aromatic rings. The van der Waals surface area contributed by atoms with Crippen molar-refractivity contribution in [2.75, 3.05) is 0 Å². The summed E-state index contributed by atoms with van der Waals surface area (Å²) >= 11 is 0. The van der Waals surface area contributed by atoms with Gasteiger partial charge in [-0.3, -0.25) is 14.2 Å². The second kappa shape index (κ2) is 6.71. The number of nitrogens with one attached hydrogen (secondary N) is 1. The Kier molecular flexibility index (Phi) is 4.23. The lowest BCUT2D eigenvalue weighted by molar-refractivity contribution is 0.0952. The molecule has 0 aliphatic heterocycles. The smallest absolute Gasteiger partial charge is 0.252 e. The number of amides is 1. The lowest BCUT2D eigenvalue weighted by Gasteiger charge is -2.08. The Morgan fingerprint density at radius 2 is 2.22 bits per heavy atom. The summed E-state index contributed by atoms with van der Waals surface area (Å²) in [6.07, 6.45) is 5.27. The van der Waals surface area contributed by atoms with Crippen LogP contribution in [0.1, 0.15) is 28.5 Å². The quantitative estimate of drug-likeness (QED) is 0.588. The third-order valence-corrected chi connectivity index (χ3v) is 4.45. The van der Waals surface area contributed by atoms with Gasteiger partial charge in [0.2, 0.25) is 0 Å². The molecule has 0 bridgehead atoms. The van der Waals surface area contributed by atoms with Crippen LogP contribution in [0.15, 0.2) is 41.3 Å². The number of aromatic nitrogens is 5. The van der Waals surface area contributed by atoms with Crippen molar-refractivity contribution in [3.8, 4) is 11.5 Å². The first-order valence-electron chi connectivity index (χ1n) is 8.74. The number of nitrogens with zero attached hydrogens (tertiary/aromatic N) is 5. The van der Waals surface area contributed by atoms with Crippen molar-refractivity contribution in [1.29, 1.82) is 0 Å². The fourth-order valence-corrected chi connectivity index (χ4v) is 3.12. The van der Waals surface area contributed by atoms with Crippen LogP contribution in [0.3, 0.4) is 0 Å². The predicted molar refractivity (Wildman–Crippen MR) is 100 cm³/mol. The molecule has 138 valence electrons. The summed E-state index contributed by atoms with van der Waals surface area (Å²) in [7, 11) is 1.81. The van der Waals surface area contributed by atoms with Crippen molar-refractivity contribution in [1.82, 2.24) is 29.9 Å². The molecule has 0 aliphatic rings. The molecule has 27 heavy (non-hydrogen) atoms. The van der Waals surface area contributed by atoms with E-state index in [1.54, 1.807) is 29.3 Å². The monoisotopic (exact) mass is 364 g/mol. The zero-order valence-electron chi connectivity index (χ0n) is 15.4. The van der Waals surface area contributed by atoms with Gasteiger partial charge in [-0.25, -0.2) is 4.98 Å². The molecule has 8 heteroatoms. The number of carbonyl (C=O) groups is 1. The third kappa shape index (κ3) is 3.10. The van der Waals surface area contributed by atoms with E-state index in [9.17, 15) is 4.79 Å². The molecular weight excluding hydrogens is 344 g/mol. The number of pyridine rings is 1. The maximum atomic E-state index is 13.0. The number of hydrogen-bond acceptors (Lipinski definition) is 5. The van der Waals surface area contributed by atoms with Crippen LogP contribution in [0.5, 0.6) is 0 Å². The van der Waals surface area contributed by atoms with Gasteiger partial charge in [-0.2, -0.15) is 10.2 Å². The van der Waals surface area contributed by atoms with Gasteiger partial charge >= 0.3 is 0 Å². The summed E-state index contributed by atoms with van der Waals surface area (Å²) in [5.74, 6) is 0.421. The lowest BCUT2D eigenvalue weighted by atomic mass is 10.1. The zero-order chi connectivity index (χ0) is 19.0. The molecule has 0 aliphatic carbocycles. The molecule has 0 fully saturated rings. The number of carbonyl (C=O) groups excluding carboxylic acids is 1. The summed E-state index contributed by atoms with van der Waals surface area (Å²) in [5, 5.41) is 12.4. The van der Waals surface area contributed by atoms with Crippen molar-refractivity contribution in [2.24, 2.45) is 7.05 Å². The van der Waals surface area contributed by atoms with Gasteiger partial charge in [-0.1, -0.05) is 0 Å². The number of fused-ring (bicyclic) bond motifs is 1. The van der Waals surface area contributed by atoms with E-state index >= 15 is 0 Å². The summed E-state index contributed by atoms with van der Waals surface area (Å²) in [6.45, 7) is 5.08. The first kappa shape index (κ1) is 17.0. The summed E-state index contributed by atoms with van der Waals surface area (Å²) < 4.78 is 8.96. The van der Waals surface area contributed by atoms with E-state index in [-0.39, 0.29) is 5.91 Å². The standard InChI is InChI=1S/C19H20N6O2/c1-4-25-11-13(10-21-25)9-20-19(26)14-8-15(16-6-5-7-27-16)22-18-17(14)12(2)23-24(18)3/h5-8,10-11H,4,9H2,1-3H3,(H,20,26). The normalized spacial score (nSPS) is 11.2. The van der Waals surface area contributed by atoms with Crippen LogP contribution in [0, 0.1) is 6.92 Å². The van der Waals surface area contributed by atoms with E-state index in [1.807, 2.05) is 37.8 Å². The minimum absolute atomic E-state index is 0.185. The molecule has 0 aromatic carbocycles. The van der Waals surface area contributed by atoms with Crippen LogP contribution >= 0.6 is 0 Å². The Morgan fingerprint density at radius 1 is 1.37 bits per heavy atom. The number of furan rings is 1. The van der Waals surface area contributed by atoms with E-state index in [4.69, 9.17) is 4.42 Å². The van der Waals surface area contributed by atoms with Crippen LogP contribution < -0.4 is 5.32 Å². The Balaban J connectivity index is 1.71. The van der Waals surface area contributed by atoms with Gasteiger partial charge in [0.25, 0.3) is 5.91 Å². The lowest BCUT2D eigenvalue weighted by Crippen LogP contribution is -2.23. The van der Waals surface area contributed by atoms with Crippen molar-refractivity contribution >= 4 is 16.9 Å². The number of rotatable bonds is 5. The molecule has 0 saturated carbocycles. The van der Waals surface area contributed by atoms with Gasteiger partial charge in [-0.15, -0.1) is 0 Å². The second-order valence-corrected chi connectivity index (χ2v) is 6.33. The summed E-state index contributed by atoms with van der Waals surface area (Å²) in [5.41, 5.74) is 3.48. The predicted octanol–water partition coefficient (Wildman–Crippen LogP) is 2.68. The molecule has 0 spiro atoms. The Hall–Kier alpha value is -3.42. The van der Waals surface area contributed by atoms with Crippen molar-refractivity contribution in [2.45, 2.75) is 26.9 Å². The highest BCUT2D eigenvalue weighted by molar-refractivity contribution is 6.07. The maximum absolute atomic E-state index is 13.0. The maximum Gasteiger partial charge on any atom is 0.252 e. The molecule has 8 nitrogen and oxygen atoms in total. The molecular formula is C19H20N6O2. The topological polar surface area (TPSA) is 90.8 Å². The van der Waals surface area contributed by atoms with Crippen molar-refractivity contribution < 1.29 is 9.21 Å². The fraction of sp³-hybridized carbons (Fsp3) is 0.263. The SMILES string of the molecule is CCn1cc(CNC(=O)c2cc(-c3ccco3)nc3c2c(C)nn3C)cn1. The van der Waals surface area contributed by atoms with E-state index in [1.165, 1.54) is 0 Å². The Morgan fingerprint density at radius 3 is 2.93 bits per heavy atom. The van der Waals surface area contributed by atoms with Gasteiger partial charge in [-0.05, 0) is 32.0 Å². The molecule has 0 atom stereocenters. The van der Waals surface area contributed by atoms with Crippen molar-refractivity contribution in [3.05, 3.63) is 53.7 Å². The van der Waals surface area contributed by atoms with Gasteiger partial charge in [0.05, 0.1) is 29.1 Å². The Labute approximate surface area is 155 Å². The summed E-state index contributed by atoms with van der Waals surface area (Å²) in [4.78, 5) is 17.6. The molecule has 0 unspecified atom stereocenters. The molecule has 1 N–H and O–H groups in total. The zero-order valence-corrected chi connectivity index (χ0v) is 15.4.